The van der Waals surface area contributed by atoms with E-state index in [-0.39, 0.29) is 17.8 Å². The molecule has 0 spiro atoms. The van der Waals surface area contributed by atoms with Gasteiger partial charge in [0.15, 0.2) is 5.78 Å². The smallest absolute Gasteiger partial charge is 0.409 e. The van der Waals surface area contributed by atoms with E-state index in [1.54, 1.807) is 4.90 Å². The van der Waals surface area contributed by atoms with Gasteiger partial charge in [-0.2, -0.15) is 0 Å². The van der Waals surface area contributed by atoms with Crippen molar-refractivity contribution in [2.24, 2.45) is 5.92 Å². The molecule has 1 aliphatic heterocycles. The molecule has 1 aromatic heterocycles. The number of nitrogens with zero attached hydrogens (tertiary/aromatic N) is 4. The lowest BCUT2D eigenvalue weighted by Gasteiger charge is -2.34. The van der Waals surface area contributed by atoms with Crippen LogP contribution in [0.15, 0.2) is 36.4 Å². The lowest BCUT2D eigenvalue weighted by molar-refractivity contribution is 0.0955. The Morgan fingerprint density at radius 3 is 2.58 bits per heavy atom. The molecule has 1 amide bonds. The summed E-state index contributed by atoms with van der Waals surface area (Å²) in [5, 5.41) is 0. The molecule has 1 atom stereocenters. The summed E-state index contributed by atoms with van der Waals surface area (Å²) >= 11 is 0. The van der Waals surface area contributed by atoms with Crippen LogP contribution in [0.5, 0.6) is 0 Å². The highest BCUT2D eigenvalue weighted by atomic mass is 16.6. The summed E-state index contributed by atoms with van der Waals surface area (Å²) in [6, 6.07) is 10.1. The number of benzene rings is 1. The summed E-state index contributed by atoms with van der Waals surface area (Å²) in [6.07, 6.45) is 5.13. The van der Waals surface area contributed by atoms with Crippen LogP contribution in [0.1, 0.15) is 40.7 Å². The van der Waals surface area contributed by atoms with Crippen molar-refractivity contribution in [3.05, 3.63) is 58.9 Å². The van der Waals surface area contributed by atoms with Crippen LogP contribution in [0.2, 0.25) is 0 Å². The Bertz CT molecular complexity index is 982. The largest absolute Gasteiger partial charge is 0.450 e. The first kappa shape index (κ1) is 21.0. The zero-order valence-electron chi connectivity index (χ0n) is 18.1. The molecule has 1 saturated heterocycles. The van der Waals surface area contributed by atoms with Crippen LogP contribution in [-0.2, 0) is 11.2 Å². The van der Waals surface area contributed by atoms with Gasteiger partial charge in [-0.1, -0.05) is 42.5 Å². The van der Waals surface area contributed by atoms with Crippen molar-refractivity contribution in [2.45, 2.75) is 26.7 Å². The minimum absolute atomic E-state index is 0.111. The number of piperazine rings is 1. The van der Waals surface area contributed by atoms with Gasteiger partial charge >= 0.3 is 6.09 Å². The van der Waals surface area contributed by atoms with Gasteiger partial charge < -0.3 is 14.5 Å². The average Bonchev–Trinajstić information content (AvgIpc) is 2.78. The molecule has 2 aliphatic rings. The molecular formula is C24H28N4O3. The summed E-state index contributed by atoms with van der Waals surface area (Å²) in [5.41, 5.74) is 3.37. The molecule has 1 aliphatic carbocycles. The fourth-order valence-corrected chi connectivity index (χ4v) is 4.18. The van der Waals surface area contributed by atoms with E-state index in [9.17, 15) is 9.59 Å². The van der Waals surface area contributed by atoms with Crippen LogP contribution in [0.3, 0.4) is 0 Å². The van der Waals surface area contributed by atoms with Crippen molar-refractivity contribution in [3.63, 3.8) is 0 Å². The number of ether oxygens (including phenoxy) is 1. The molecule has 1 aromatic carbocycles. The zero-order chi connectivity index (χ0) is 21.8. The van der Waals surface area contributed by atoms with Gasteiger partial charge in [0.05, 0.1) is 23.6 Å². The SMILES string of the molecule is CCOC(=O)N1CCN(c2nc(C)c3c(n2)C[C@H](/C=C/c2ccccc2)CC3=O)CC1. The van der Waals surface area contributed by atoms with Crippen LogP contribution in [-0.4, -0.2) is 59.5 Å². The number of rotatable bonds is 4. The average molecular weight is 421 g/mol. The first-order valence-electron chi connectivity index (χ1n) is 10.9. The molecule has 31 heavy (non-hydrogen) atoms. The fourth-order valence-electron chi connectivity index (χ4n) is 4.18. The second kappa shape index (κ2) is 9.29. The monoisotopic (exact) mass is 420 g/mol. The number of amides is 1. The number of carbonyl (C=O) groups is 2. The van der Waals surface area contributed by atoms with E-state index < -0.39 is 0 Å². The molecule has 4 rings (SSSR count). The first-order chi connectivity index (χ1) is 15.0. The van der Waals surface area contributed by atoms with Gasteiger partial charge in [-0.15, -0.1) is 0 Å². The van der Waals surface area contributed by atoms with Crippen molar-refractivity contribution in [2.75, 3.05) is 37.7 Å². The Morgan fingerprint density at radius 2 is 1.87 bits per heavy atom. The van der Waals surface area contributed by atoms with Crippen molar-refractivity contribution < 1.29 is 14.3 Å². The van der Waals surface area contributed by atoms with Gasteiger partial charge in [-0.05, 0) is 31.7 Å². The van der Waals surface area contributed by atoms with Gasteiger partial charge in [0, 0.05) is 32.6 Å². The summed E-state index contributed by atoms with van der Waals surface area (Å²) in [4.78, 5) is 37.9. The Kier molecular flexibility index (Phi) is 6.30. The second-order valence-electron chi connectivity index (χ2n) is 7.97. The lowest BCUT2D eigenvalue weighted by Crippen LogP contribution is -2.49. The van der Waals surface area contributed by atoms with E-state index in [0.717, 1.165) is 23.4 Å². The third kappa shape index (κ3) is 4.76. The van der Waals surface area contributed by atoms with Crippen molar-refractivity contribution in [3.8, 4) is 0 Å². The number of carbonyl (C=O) groups excluding carboxylic acids is 2. The highest BCUT2D eigenvalue weighted by Crippen LogP contribution is 2.29. The van der Waals surface area contributed by atoms with Crippen molar-refractivity contribution in [1.29, 1.82) is 0 Å². The van der Waals surface area contributed by atoms with E-state index >= 15 is 0 Å². The fraction of sp³-hybridized carbons (Fsp3) is 0.417. The molecule has 0 radical (unpaired) electrons. The predicted molar refractivity (Wildman–Crippen MR) is 119 cm³/mol. The van der Waals surface area contributed by atoms with Gasteiger partial charge in [0.1, 0.15) is 0 Å². The van der Waals surface area contributed by atoms with Crippen LogP contribution in [0.4, 0.5) is 10.7 Å². The number of allylic oxidation sites excluding steroid dienone is 1. The molecule has 0 unspecified atom stereocenters. The number of aryl methyl sites for hydroxylation is 1. The highest BCUT2D eigenvalue weighted by molar-refractivity contribution is 5.99. The molecular weight excluding hydrogens is 392 g/mol. The van der Waals surface area contributed by atoms with Crippen LogP contribution in [0.25, 0.3) is 6.08 Å². The Labute approximate surface area is 182 Å². The van der Waals surface area contributed by atoms with E-state index in [1.807, 2.05) is 32.0 Å². The van der Waals surface area contributed by atoms with Crippen LogP contribution >= 0.6 is 0 Å². The maximum absolute atomic E-state index is 12.8. The molecule has 162 valence electrons. The van der Waals surface area contributed by atoms with Crippen LogP contribution < -0.4 is 4.90 Å². The quantitative estimate of drug-likeness (QED) is 0.753. The normalized spacial score (nSPS) is 18.9. The number of fused-ring (bicyclic) bond motifs is 1. The second-order valence-corrected chi connectivity index (χ2v) is 7.97. The van der Waals surface area contributed by atoms with E-state index in [4.69, 9.17) is 9.72 Å². The zero-order valence-corrected chi connectivity index (χ0v) is 18.1. The first-order valence-corrected chi connectivity index (χ1v) is 10.9. The summed E-state index contributed by atoms with van der Waals surface area (Å²) in [5.74, 6) is 0.878. The Hall–Kier alpha value is -3.22. The lowest BCUT2D eigenvalue weighted by atomic mass is 9.85. The number of aromatic nitrogens is 2. The van der Waals surface area contributed by atoms with E-state index in [2.05, 4.69) is 34.2 Å². The van der Waals surface area contributed by atoms with Gasteiger partial charge in [0.2, 0.25) is 5.95 Å². The van der Waals surface area contributed by atoms with Gasteiger partial charge in [-0.3, -0.25) is 4.79 Å². The summed E-state index contributed by atoms with van der Waals surface area (Å²) in [7, 11) is 0. The number of anilines is 1. The molecule has 2 heterocycles. The van der Waals surface area contributed by atoms with Crippen molar-refractivity contribution >= 4 is 23.9 Å². The Morgan fingerprint density at radius 1 is 1.13 bits per heavy atom. The minimum atomic E-state index is -0.275. The standard InChI is InChI=1S/C24H28N4O3/c1-3-31-24(30)28-13-11-27(12-14-28)23-25-17(2)22-20(26-23)15-19(16-21(22)29)10-9-18-7-5-4-6-8-18/h4-10,19H,3,11-16H2,1-2H3/b10-9+/t19-/m0/s1. The van der Waals surface area contributed by atoms with Crippen molar-refractivity contribution in [1.82, 2.24) is 14.9 Å². The molecule has 0 bridgehead atoms. The van der Waals surface area contributed by atoms with E-state index in [1.165, 1.54) is 0 Å². The number of Topliss-reactive ketones (excluding diaryl/α,β-unsaturated/α-hetero) is 1. The molecule has 0 N–H and O–H groups in total. The third-order valence-electron chi connectivity index (χ3n) is 5.78. The number of ketones is 1. The van der Waals surface area contributed by atoms with E-state index in [0.29, 0.717) is 50.7 Å². The number of hydrogen-bond donors (Lipinski definition) is 0. The maximum atomic E-state index is 12.8. The van der Waals surface area contributed by atoms with Crippen LogP contribution in [0, 0.1) is 12.8 Å². The minimum Gasteiger partial charge on any atom is -0.450 e. The molecule has 2 aromatic rings. The van der Waals surface area contributed by atoms with Gasteiger partial charge in [-0.25, -0.2) is 14.8 Å². The summed E-state index contributed by atoms with van der Waals surface area (Å²) < 4.78 is 5.09. The molecule has 7 heteroatoms. The Balaban J connectivity index is 1.49. The maximum Gasteiger partial charge on any atom is 0.409 e. The molecule has 7 nitrogen and oxygen atoms in total. The predicted octanol–water partition coefficient (Wildman–Crippen LogP) is 3.52. The number of hydrogen-bond acceptors (Lipinski definition) is 6. The molecule has 1 fully saturated rings. The topological polar surface area (TPSA) is 75.6 Å². The highest BCUT2D eigenvalue weighted by Gasteiger charge is 2.30. The van der Waals surface area contributed by atoms with Gasteiger partial charge in [0.25, 0.3) is 0 Å². The molecule has 0 saturated carbocycles. The third-order valence-corrected chi connectivity index (χ3v) is 5.78. The summed E-state index contributed by atoms with van der Waals surface area (Å²) in [6.45, 7) is 6.49.